The monoisotopic (exact) mass is 325 g/mol. The van der Waals surface area contributed by atoms with Crippen molar-refractivity contribution in [2.75, 3.05) is 6.61 Å². The fourth-order valence-corrected chi connectivity index (χ4v) is 4.22. The number of hydrogen-bond acceptors (Lipinski definition) is 3. The third kappa shape index (κ3) is 3.25. The number of amides is 1. The minimum atomic E-state index is -1.21. The van der Waals surface area contributed by atoms with Crippen molar-refractivity contribution in [1.82, 2.24) is 5.32 Å². The standard InChI is InChI=1S/C18H31NO4/c1-5-23-14-11-18(16(21)22,17(14,3)4)19-15(20)12(2)10-13-8-6-7-9-13/h12-14H,5-11H2,1-4H3,(H,19,20)(H,21,22). The van der Waals surface area contributed by atoms with Crippen molar-refractivity contribution < 1.29 is 19.4 Å². The molecule has 2 aliphatic rings. The van der Waals surface area contributed by atoms with E-state index in [1.54, 1.807) is 0 Å². The largest absolute Gasteiger partial charge is 0.479 e. The number of carbonyl (C=O) groups excluding carboxylic acids is 1. The summed E-state index contributed by atoms with van der Waals surface area (Å²) in [5.41, 5.74) is -1.83. The summed E-state index contributed by atoms with van der Waals surface area (Å²) in [6.07, 6.45) is 5.96. The molecule has 0 saturated heterocycles. The van der Waals surface area contributed by atoms with E-state index in [0.29, 0.717) is 18.9 Å². The van der Waals surface area contributed by atoms with Crippen LogP contribution in [0.3, 0.4) is 0 Å². The lowest BCUT2D eigenvalue weighted by Crippen LogP contribution is -2.76. The molecular formula is C18H31NO4. The van der Waals surface area contributed by atoms with Crippen LogP contribution in [0.15, 0.2) is 0 Å². The van der Waals surface area contributed by atoms with Gasteiger partial charge < -0.3 is 15.2 Å². The Hall–Kier alpha value is -1.10. The third-order valence-electron chi connectivity index (χ3n) is 6.08. The topological polar surface area (TPSA) is 75.6 Å². The molecule has 0 aromatic rings. The molecule has 2 N–H and O–H groups in total. The first kappa shape index (κ1) is 18.2. The molecule has 0 spiro atoms. The van der Waals surface area contributed by atoms with Gasteiger partial charge in [0.2, 0.25) is 5.91 Å². The van der Waals surface area contributed by atoms with Crippen LogP contribution in [0.2, 0.25) is 0 Å². The van der Waals surface area contributed by atoms with Crippen molar-refractivity contribution in [2.24, 2.45) is 17.3 Å². The lowest BCUT2D eigenvalue weighted by Gasteiger charge is -2.58. The quantitative estimate of drug-likeness (QED) is 0.754. The summed E-state index contributed by atoms with van der Waals surface area (Å²) in [6, 6.07) is 0. The molecule has 0 aliphatic heterocycles. The number of ether oxygens (including phenoxy) is 1. The second-order valence-electron chi connectivity index (χ2n) is 7.86. The molecule has 2 aliphatic carbocycles. The summed E-state index contributed by atoms with van der Waals surface area (Å²) >= 11 is 0. The van der Waals surface area contributed by atoms with Crippen LogP contribution in [0.1, 0.15) is 66.2 Å². The van der Waals surface area contributed by atoms with Crippen LogP contribution in [-0.2, 0) is 14.3 Å². The van der Waals surface area contributed by atoms with Crippen molar-refractivity contribution in [1.29, 1.82) is 0 Å². The molecule has 0 aromatic heterocycles. The van der Waals surface area contributed by atoms with Gasteiger partial charge in [0.1, 0.15) is 5.54 Å². The van der Waals surface area contributed by atoms with E-state index in [0.717, 1.165) is 6.42 Å². The number of aliphatic carboxylic acids is 1. The maximum atomic E-state index is 12.6. The minimum absolute atomic E-state index is 0.131. The predicted octanol–water partition coefficient (Wildman–Crippen LogP) is 2.98. The van der Waals surface area contributed by atoms with E-state index < -0.39 is 16.9 Å². The van der Waals surface area contributed by atoms with Gasteiger partial charge in [0, 0.05) is 24.4 Å². The predicted molar refractivity (Wildman–Crippen MR) is 88.1 cm³/mol. The second kappa shape index (κ2) is 6.80. The number of hydrogen-bond donors (Lipinski definition) is 2. The van der Waals surface area contributed by atoms with E-state index in [1.165, 1.54) is 25.7 Å². The molecule has 2 rings (SSSR count). The number of carbonyl (C=O) groups is 2. The van der Waals surface area contributed by atoms with Crippen molar-refractivity contribution >= 4 is 11.9 Å². The maximum Gasteiger partial charge on any atom is 0.330 e. The summed E-state index contributed by atoms with van der Waals surface area (Å²) in [5.74, 6) is -0.624. The number of carboxylic acid groups (broad SMARTS) is 1. The van der Waals surface area contributed by atoms with Gasteiger partial charge in [-0.1, -0.05) is 46.5 Å². The van der Waals surface area contributed by atoms with Gasteiger partial charge in [-0.15, -0.1) is 0 Å². The molecular weight excluding hydrogens is 294 g/mol. The normalized spacial score (nSPS) is 31.4. The molecule has 2 fully saturated rings. The summed E-state index contributed by atoms with van der Waals surface area (Å²) in [5, 5.41) is 12.6. The van der Waals surface area contributed by atoms with Gasteiger partial charge in [-0.25, -0.2) is 4.79 Å². The molecule has 1 amide bonds. The first-order chi connectivity index (χ1) is 10.7. The van der Waals surface area contributed by atoms with Crippen LogP contribution in [0, 0.1) is 17.3 Å². The van der Waals surface area contributed by atoms with Crippen LogP contribution in [-0.4, -0.2) is 35.2 Å². The fourth-order valence-electron chi connectivity index (χ4n) is 4.22. The van der Waals surface area contributed by atoms with Crippen molar-refractivity contribution in [2.45, 2.75) is 77.9 Å². The van der Waals surface area contributed by atoms with Gasteiger partial charge >= 0.3 is 5.97 Å². The first-order valence-corrected chi connectivity index (χ1v) is 8.91. The highest BCUT2D eigenvalue weighted by atomic mass is 16.5. The molecule has 0 aromatic carbocycles. The van der Waals surface area contributed by atoms with Crippen molar-refractivity contribution in [3.8, 4) is 0 Å². The van der Waals surface area contributed by atoms with Crippen molar-refractivity contribution in [3.05, 3.63) is 0 Å². The Morgan fingerprint density at radius 1 is 1.30 bits per heavy atom. The number of nitrogens with one attached hydrogen (secondary N) is 1. The van der Waals surface area contributed by atoms with E-state index >= 15 is 0 Å². The number of rotatable bonds is 7. The Kier molecular flexibility index (Phi) is 5.39. The molecule has 0 heterocycles. The second-order valence-corrected chi connectivity index (χ2v) is 7.86. The Morgan fingerprint density at radius 2 is 1.91 bits per heavy atom. The SMILES string of the molecule is CCOC1CC(NC(=O)C(C)CC2CCCC2)(C(=O)O)C1(C)C. The van der Waals surface area contributed by atoms with Crippen LogP contribution in [0.5, 0.6) is 0 Å². The molecule has 5 nitrogen and oxygen atoms in total. The highest BCUT2D eigenvalue weighted by Crippen LogP contribution is 2.51. The summed E-state index contributed by atoms with van der Waals surface area (Å²) in [4.78, 5) is 24.5. The average Bonchev–Trinajstić information content (AvgIpc) is 2.98. The van der Waals surface area contributed by atoms with Crippen molar-refractivity contribution in [3.63, 3.8) is 0 Å². The Balaban J connectivity index is 2.02. The zero-order valence-electron chi connectivity index (χ0n) is 14.9. The molecule has 3 atom stereocenters. The molecule has 23 heavy (non-hydrogen) atoms. The average molecular weight is 325 g/mol. The molecule has 0 bridgehead atoms. The van der Waals surface area contributed by atoms with Gasteiger partial charge in [-0.05, 0) is 19.3 Å². The van der Waals surface area contributed by atoms with E-state index in [2.05, 4.69) is 5.32 Å². The van der Waals surface area contributed by atoms with E-state index in [-0.39, 0.29) is 17.9 Å². The maximum absolute atomic E-state index is 12.6. The van der Waals surface area contributed by atoms with Gasteiger partial charge in [0.15, 0.2) is 0 Å². The van der Waals surface area contributed by atoms with Crippen LogP contribution >= 0.6 is 0 Å². The summed E-state index contributed by atoms with van der Waals surface area (Å²) in [7, 11) is 0. The molecule has 132 valence electrons. The lowest BCUT2D eigenvalue weighted by atomic mass is 9.54. The lowest BCUT2D eigenvalue weighted by molar-refractivity contribution is -0.195. The molecule has 0 radical (unpaired) electrons. The highest BCUT2D eigenvalue weighted by molar-refractivity contribution is 5.90. The molecule has 3 unspecified atom stereocenters. The Bertz CT molecular complexity index is 456. The minimum Gasteiger partial charge on any atom is -0.479 e. The van der Waals surface area contributed by atoms with Gasteiger partial charge in [0.25, 0.3) is 0 Å². The zero-order chi connectivity index (χ0) is 17.3. The smallest absolute Gasteiger partial charge is 0.330 e. The van der Waals surface area contributed by atoms with E-state index in [4.69, 9.17) is 4.74 Å². The molecule has 2 saturated carbocycles. The summed E-state index contributed by atoms with van der Waals surface area (Å²) in [6.45, 7) is 8.10. The van der Waals surface area contributed by atoms with E-state index in [1.807, 2.05) is 27.7 Å². The van der Waals surface area contributed by atoms with Gasteiger partial charge in [-0.2, -0.15) is 0 Å². The molecule has 5 heteroatoms. The van der Waals surface area contributed by atoms with Crippen LogP contribution in [0.4, 0.5) is 0 Å². The third-order valence-corrected chi connectivity index (χ3v) is 6.08. The first-order valence-electron chi connectivity index (χ1n) is 8.91. The van der Waals surface area contributed by atoms with E-state index in [9.17, 15) is 14.7 Å². The van der Waals surface area contributed by atoms with Crippen LogP contribution in [0.25, 0.3) is 0 Å². The Labute approximate surface area is 139 Å². The van der Waals surface area contributed by atoms with Crippen LogP contribution < -0.4 is 5.32 Å². The number of carboxylic acids is 1. The Morgan fingerprint density at radius 3 is 2.39 bits per heavy atom. The summed E-state index contributed by atoms with van der Waals surface area (Å²) < 4.78 is 5.63. The van der Waals surface area contributed by atoms with Gasteiger partial charge in [0.05, 0.1) is 6.10 Å². The zero-order valence-corrected chi connectivity index (χ0v) is 14.9. The highest BCUT2D eigenvalue weighted by Gasteiger charge is 2.66. The van der Waals surface area contributed by atoms with Gasteiger partial charge in [-0.3, -0.25) is 4.79 Å². The fraction of sp³-hybridized carbons (Fsp3) is 0.889.